The zero-order valence-corrected chi connectivity index (χ0v) is 15.5. The largest absolute Gasteiger partial charge is 0.485 e. The lowest BCUT2D eigenvalue weighted by Gasteiger charge is -2.25. The number of para-hydroxylation sites is 2. The summed E-state index contributed by atoms with van der Waals surface area (Å²) in [6, 6.07) is 12.2. The number of hydrazine groups is 1. The van der Waals surface area contributed by atoms with Crippen molar-refractivity contribution < 1.29 is 28.6 Å². The van der Waals surface area contributed by atoms with Gasteiger partial charge in [-0.3, -0.25) is 20.4 Å². The van der Waals surface area contributed by atoms with Gasteiger partial charge in [0.25, 0.3) is 11.8 Å². The van der Waals surface area contributed by atoms with Crippen LogP contribution in [0.5, 0.6) is 11.5 Å². The van der Waals surface area contributed by atoms with Crippen LogP contribution in [0.1, 0.15) is 21.5 Å². The number of esters is 1. The first-order chi connectivity index (χ1) is 13.4. The highest BCUT2D eigenvalue weighted by molar-refractivity contribution is 5.93. The van der Waals surface area contributed by atoms with Crippen LogP contribution in [-0.4, -0.2) is 37.1 Å². The maximum absolute atomic E-state index is 12.1. The van der Waals surface area contributed by atoms with Crippen molar-refractivity contribution in [1.82, 2.24) is 10.9 Å². The van der Waals surface area contributed by atoms with Crippen LogP contribution in [0.15, 0.2) is 42.5 Å². The number of fused-ring (bicyclic) bond motifs is 1. The van der Waals surface area contributed by atoms with Gasteiger partial charge in [0.1, 0.15) is 6.61 Å². The van der Waals surface area contributed by atoms with Crippen molar-refractivity contribution in [2.45, 2.75) is 20.0 Å². The summed E-state index contributed by atoms with van der Waals surface area (Å²) in [7, 11) is 0. The van der Waals surface area contributed by atoms with Crippen LogP contribution in [0.4, 0.5) is 0 Å². The summed E-state index contributed by atoms with van der Waals surface area (Å²) in [6.07, 6.45) is -0.909. The molecule has 28 heavy (non-hydrogen) atoms. The maximum Gasteiger partial charge on any atom is 0.338 e. The third kappa shape index (κ3) is 4.59. The van der Waals surface area contributed by atoms with E-state index in [2.05, 4.69) is 10.9 Å². The van der Waals surface area contributed by atoms with Crippen LogP contribution < -0.4 is 20.3 Å². The smallest absolute Gasteiger partial charge is 0.338 e. The van der Waals surface area contributed by atoms with Crippen LogP contribution in [0.2, 0.25) is 0 Å². The Hall–Kier alpha value is -3.55. The highest BCUT2D eigenvalue weighted by Gasteiger charge is 2.27. The highest BCUT2D eigenvalue weighted by Crippen LogP contribution is 2.30. The number of hydrogen-bond donors (Lipinski definition) is 2. The van der Waals surface area contributed by atoms with Gasteiger partial charge >= 0.3 is 5.97 Å². The van der Waals surface area contributed by atoms with Crippen molar-refractivity contribution in [2.75, 3.05) is 13.2 Å². The third-order valence-electron chi connectivity index (χ3n) is 4.06. The van der Waals surface area contributed by atoms with Crippen molar-refractivity contribution in [3.05, 3.63) is 59.2 Å². The van der Waals surface area contributed by atoms with Gasteiger partial charge in [0.2, 0.25) is 6.10 Å². The molecule has 0 saturated heterocycles. The summed E-state index contributed by atoms with van der Waals surface area (Å²) < 4.78 is 16.0. The molecule has 0 aromatic heterocycles. The second-order valence-corrected chi connectivity index (χ2v) is 6.30. The van der Waals surface area contributed by atoms with Crippen molar-refractivity contribution in [3.63, 3.8) is 0 Å². The summed E-state index contributed by atoms with van der Waals surface area (Å²) in [4.78, 5) is 36.0. The molecule has 146 valence electrons. The molecule has 8 heteroatoms. The Kier molecular flexibility index (Phi) is 5.78. The Labute approximate surface area is 161 Å². The van der Waals surface area contributed by atoms with E-state index in [-0.39, 0.29) is 6.61 Å². The Bertz CT molecular complexity index is 911. The lowest BCUT2D eigenvalue weighted by atomic mass is 10.1. The minimum absolute atomic E-state index is 0.0143. The summed E-state index contributed by atoms with van der Waals surface area (Å²) in [5.41, 5.74) is 6.57. The first-order valence-corrected chi connectivity index (χ1v) is 8.65. The van der Waals surface area contributed by atoms with Gasteiger partial charge in [-0.15, -0.1) is 0 Å². The Morgan fingerprint density at radius 3 is 2.57 bits per heavy atom. The minimum Gasteiger partial charge on any atom is -0.485 e. The van der Waals surface area contributed by atoms with Crippen LogP contribution in [0.3, 0.4) is 0 Å². The second-order valence-electron chi connectivity index (χ2n) is 6.30. The summed E-state index contributed by atoms with van der Waals surface area (Å²) in [5.74, 6) is -0.872. The van der Waals surface area contributed by atoms with E-state index in [0.29, 0.717) is 17.1 Å². The standard InChI is InChI=1S/C20H20N2O6/c1-12-7-8-14(13(2)9-12)20(25)27-11-18(23)21-22-19(24)17-10-26-15-5-3-4-6-16(15)28-17/h3-9,17H,10-11H2,1-2H3,(H,21,23)(H,22,24)/t17-/m1/s1. The van der Waals surface area contributed by atoms with Gasteiger partial charge < -0.3 is 14.2 Å². The molecule has 8 nitrogen and oxygen atoms in total. The van der Waals surface area contributed by atoms with Crippen LogP contribution in [0, 0.1) is 13.8 Å². The third-order valence-corrected chi connectivity index (χ3v) is 4.06. The number of nitrogens with one attached hydrogen (secondary N) is 2. The van der Waals surface area contributed by atoms with Gasteiger partial charge in [-0.2, -0.15) is 0 Å². The molecule has 0 saturated carbocycles. The van der Waals surface area contributed by atoms with E-state index in [9.17, 15) is 14.4 Å². The molecule has 0 aliphatic carbocycles. The molecule has 2 amide bonds. The van der Waals surface area contributed by atoms with Gasteiger partial charge in [-0.05, 0) is 37.6 Å². The Morgan fingerprint density at radius 2 is 1.82 bits per heavy atom. The zero-order valence-electron chi connectivity index (χ0n) is 15.5. The number of ether oxygens (including phenoxy) is 3. The molecule has 2 N–H and O–H groups in total. The molecular weight excluding hydrogens is 364 g/mol. The SMILES string of the molecule is Cc1ccc(C(=O)OCC(=O)NNC(=O)[C@H]2COc3ccccc3O2)c(C)c1. The predicted octanol–water partition coefficient (Wildman–Crippen LogP) is 1.45. The fraction of sp³-hybridized carbons (Fsp3) is 0.250. The van der Waals surface area contributed by atoms with Gasteiger partial charge in [0.05, 0.1) is 5.56 Å². The number of benzene rings is 2. The maximum atomic E-state index is 12.1. The Balaban J connectivity index is 1.44. The summed E-state index contributed by atoms with van der Waals surface area (Å²) >= 11 is 0. The van der Waals surface area contributed by atoms with Crippen LogP contribution in [0.25, 0.3) is 0 Å². The zero-order chi connectivity index (χ0) is 20.1. The van der Waals surface area contributed by atoms with E-state index >= 15 is 0 Å². The molecule has 0 spiro atoms. The van der Waals surface area contributed by atoms with Gasteiger partial charge in [0.15, 0.2) is 18.1 Å². The fourth-order valence-electron chi connectivity index (χ4n) is 2.65. The lowest BCUT2D eigenvalue weighted by Crippen LogP contribution is -2.51. The molecule has 3 rings (SSSR count). The highest BCUT2D eigenvalue weighted by atomic mass is 16.6. The molecule has 2 aromatic carbocycles. The Morgan fingerprint density at radius 1 is 1.07 bits per heavy atom. The number of aryl methyl sites for hydroxylation is 2. The predicted molar refractivity (Wildman–Crippen MR) is 98.8 cm³/mol. The first-order valence-electron chi connectivity index (χ1n) is 8.65. The fourth-order valence-corrected chi connectivity index (χ4v) is 2.65. The van der Waals surface area contributed by atoms with Crippen LogP contribution in [-0.2, 0) is 14.3 Å². The quantitative estimate of drug-likeness (QED) is 0.611. The normalized spacial score (nSPS) is 14.7. The summed E-state index contributed by atoms with van der Waals surface area (Å²) in [6.45, 7) is 3.18. The van der Waals surface area contributed by atoms with E-state index in [0.717, 1.165) is 11.1 Å². The molecule has 1 aliphatic heterocycles. The van der Waals surface area contributed by atoms with Crippen molar-refractivity contribution >= 4 is 17.8 Å². The van der Waals surface area contributed by atoms with Gasteiger partial charge in [0, 0.05) is 0 Å². The molecular formula is C20H20N2O6. The minimum atomic E-state index is -0.909. The number of amides is 2. The van der Waals surface area contributed by atoms with Gasteiger partial charge in [-0.25, -0.2) is 4.79 Å². The molecule has 1 aliphatic rings. The van der Waals surface area contributed by atoms with Crippen LogP contribution >= 0.6 is 0 Å². The topological polar surface area (TPSA) is 103 Å². The molecule has 1 atom stereocenters. The van der Waals surface area contributed by atoms with Gasteiger partial charge in [-0.1, -0.05) is 29.8 Å². The van der Waals surface area contributed by atoms with Crippen molar-refractivity contribution in [1.29, 1.82) is 0 Å². The number of carbonyl (C=O) groups is 3. The monoisotopic (exact) mass is 384 g/mol. The number of hydrogen-bond acceptors (Lipinski definition) is 6. The van der Waals surface area contributed by atoms with E-state index in [1.54, 1.807) is 43.3 Å². The molecule has 0 unspecified atom stereocenters. The number of carbonyl (C=O) groups excluding carboxylic acids is 3. The molecule has 1 heterocycles. The van der Waals surface area contributed by atoms with E-state index < -0.39 is 30.5 Å². The van der Waals surface area contributed by atoms with E-state index in [4.69, 9.17) is 14.2 Å². The average molecular weight is 384 g/mol. The molecule has 0 bridgehead atoms. The molecule has 0 radical (unpaired) electrons. The average Bonchev–Trinajstić information content (AvgIpc) is 2.69. The number of rotatable bonds is 4. The van der Waals surface area contributed by atoms with Crippen molar-refractivity contribution in [2.24, 2.45) is 0 Å². The molecule has 0 fully saturated rings. The van der Waals surface area contributed by atoms with E-state index in [1.807, 2.05) is 13.0 Å². The second kappa shape index (κ2) is 8.43. The van der Waals surface area contributed by atoms with E-state index in [1.165, 1.54) is 0 Å². The lowest BCUT2D eigenvalue weighted by molar-refractivity contribution is -0.135. The molecule has 2 aromatic rings. The van der Waals surface area contributed by atoms with Crippen molar-refractivity contribution in [3.8, 4) is 11.5 Å². The first kappa shape index (κ1) is 19.2. The summed E-state index contributed by atoms with van der Waals surface area (Å²) in [5, 5.41) is 0.